The summed E-state index contributed by atoms with van der Waals surface area (Å²) in [6.45, 7) is 2.69. The third-order valence-corrected chi connectivity index (χ3v) is 5.04. The lowest BCUT2D eigenvalue weighted by atomic mass is 9.73. The third kappa shape index (κ3) is 3.78. The molecule has 1 atom stereocenters. The van der Waals surface area contributed by atoms with Crippen LogP contribution in [0.4, 0.5) is 0 Å². The minimum absolute atomic E-state index is 0.154. The smallest absolute Gasteiger partial charge is 0.310 e. The van der Waals surface area contributed by atoms with Gasteiger partial charge in [-0.15, -0.1) is 0 Å². The molecule has 4 heteroatoms. The van der Waals surface area contributed by atoms with Crippen molar-refractivity contribution in [3.05, 3.63) is 34.9 Å². The van der Waals surface area contributed by atoms with Crippen LogP contribution in [0.1, 0.15) is 50.6 Å². The van der Waals surface area contributed by atoms with Crippen molar-refractivity contribution in [1.29, 1.82) is 0 Å². The lowest BCUT2D eigenvalue weighted by molar-refractivity contribution is -0.152. The number of carboxylic acid groups (broad SMARTS) is 1. The van der Waals surface area contributed by atoms with Crippen molar-refractivity contribution in [2.45, 2.75) is 45.1 Å². The quantitative estimate of drug-likeness (QED) is 0.878. The van der Waals surface area contributed by atoms with E-state index in [9.17, 15) is 9.90 Å². The Morgan fingerprint density at radius 3 is 2.62 bits per heavy atom. The standard InChI is InChI=1S/C17H24ClNO2/c1-13(14-7-6-8-15(18)11-14)19(2)12-17(16(20)21)9-4-3-5-10-17/h6-8,11,13H,3-5,9-10,12H2,1-2H3,(H,20,21). The molecule has 1 unspecified atom stereocenters. The second-order valence-corrected chi connectivity index (χ2v) is 6.73. The van der Waals surface area contributed by atoms with Gasteiger partial charge in [0.15, 0.2) is 0 Å². The minimum Gasteiger partial charge on any atom is -0.481 e. The van der Waals surface area contributed by atoms with Gasteiger partial charge >= 0.3 is 5.97 Å². The number of benzene rings is 1. The van der Waals surface area contributed by atoms with Crippen molar-refractivity contribution in [1.82, 2.24) is 4.90 Å². The number of nitrogens with zero attached hydrogens (tertiary/aromatic N) is 1. The van der Waals surface area contributed by atoms with Crippen molar-refractivity contribution < 1.29 is 9.90 Å². The van der Waals surface area contributed by atoms with E-state index >= 15 is 0 Å². The summed E-state index contributed by atoms with van der Waals surface area (Å²) >= 11 is 6.05. The predicted molar refractivity (Wildman–Crippen MR) is 85.7 cm³/mol. The number of hydrogen-bond donors (Lipinski definition) is 1. The Hall–Kier alpha value is -1.06. The highest BCUT2D eigenvalue weighted by atomic mass is 35.5. The zero-order valence-corrected chi connectivity index (χ0v) is 13.6. The van der Waals surface area contributed by atoms with Gasteiger partial charge in [-0.05, 0) is 44.5 Å². The maximum absolute atomic E-state index is 11.8. The molecule has 2 rings (SSSR count). The summed E-state index contributed by atoms with van der Waals surface area (Å²) in [7, 11) is 2.00. The molecule has 1 aliphatic rings. The Morgan fingerprint density at radius 2 is 2.05 bits per heavy atom. The fraction of sp³-hybridized carbons (Fsp3) is 0.588. The lowest BCUT2D eigenvalue weighted by Crippen LogP contribution is -2.44. The van der Waals surface area contributed by atoms with E-state index in [1.807, 2.05) is 31.3 Å². The topological polar surface area (TPSA) is 40.5 Å². The van der Waals surface area contributed by atoms with Gasteiger partial charge in [-0.25, -0.2) is 0 Å². The highest BCUT2D eigenvalue weighted by molar-refractivity contribution is 6.30. The Morgan fingerprint density at radius 1 is 1.38 bits per heavy atom. The maximum Gasteiger partial charge on any atom is 0.310 e. The van der Waals surface area contributed by atoms with Crippen molar-refractivity contribution in [3.63, 3.8) is 0 Å². The van der Waals surface area contributed by atoms with Gasteiger partial charge in [0.25, 0.3) is 0 Å². The fourth-order valence-corrected chi connectivity index (χ4v) is 3.50. The van der Waals surface area contributed by atoms with E-state index in [1.165, 1.54) is 0 Å². The molecule has 0 radical (unpaired) electrons. The molecule has 0 aliphatic heterocycles. The van der Waals surface area contributed by atoms with Crippen LogP contribution < -0.4 is 0 Å². The van der Waals surface area contributed by atoms with Crippen molar-refractivity contribution in [2.24, 2.45) is 5.41 Å². The molecule has 21 heavy (non-hydrogen) atoms. The fourth-order valence-electron chi connectivity index (χ4n) is 3.30. The molecule has 0 spiro atoms. The lowest BCUT2D eigenvalue weighted by Gasteiger charge is -2.38. The normalized spacial score (nSPS) is 19.4. The van der Waals surface area contributed by atoms with E-state index in [4.69, 9.17) is 11.6 Å². The number of carboxylic acids is 1. The average Bonchev–Trinajstić information content (AvgIpc) is 2.47. The highest BCUT2D eigenvalue weighted by Crippen LogP contribution is 2.38. The predicted octanol–water partition coefficient (Wildman–Crippen LogP) is 4.37. The summed E-state index contributed by atoms with van der Waals surface area (Å²) in [6.07, 6.45) is 4.77. The Balaban J connectivity index is 2.11. The molecule has 0 heterocycles. The molecule has 1 fully saturated rings. The largest absolute Gasteiger partial charge is 0.481 e. The van der Waals surface area contributed by atoms with Gasteiger partial charge in [-0.1, -0.05) is 43.0 Å². The Labute approximate surface area is 131 Å². The second-order valence-electron chi connectivity index (χ2n) is 6.29. The summed E-state index contributed by atoms with van der Waals surface area (Å²) < 4.78 is 0. The molecule has 1 N–H and O–H groups in total. The first-order valence-corrected chi connectivity index (χ1v) is 8.01. The van der Waals surface area contributed by atoms with Crippen molar-refractivity contribution in [2.75, 3.05) is 13.6 Å². The van der Waals surface area contributed by atoms with Gasteiger partial charge in [-0.3, -0.25) is 9.69 Å². The third-order valence-electron chi connectivity index (χ3n) is 4.81. The molecule has 0 bridgehead atoms. The molecule has 116 valence electrons. The Kier molecular flexibility index (Phi) is 5.28. The van der Waals surface area contributed by atoms with E-state index in [1.54, 1.807) is 0 Å². The van der Waals surface area contributed by atoms with E-state index < -0.39 is 11.4 Å². The van der Waals surface area contributed by atoms with Crippen LogP contribution in [0.15, 0.2) is 24.3 Å². The molecule has 1 aromatic rings. The first-order valence-electron chi connectivity index (χ1n) is 7.64. The Bertz CT molecular complexity index is 497. The van der Waals surface area contributed by atoms with Crippen LogP contribution >= 0.6 is 11.6 Å². The van der Waals surface area contributed by atoms with Gasteiger partial charge in [0, 0.05) is 17.6 Å². The number of halogens is 1. The number of rotatable bonds is 5. The number of carbonyl (C=O) groups is 1. The summed E-state index contributed by atoms with van der Waals surface area (Å²) in [5.74, 6) is -0.646. The van der Waals surface area contributed by atoms with Crippen LogP contribution in [0, 0.1) is 5.41 Å². The number of hydrogen-bond acceptors (Lipinski definition) is 2. The molecule has 3 nitrogen and oxygen atoms in total. The first-order chi connectivity index (χ1) is 9.94. The molecular formula is C17H24ClNO2. The molecule has 0 aromatic heterocycles. The number of aliphatic carboxylic acids is 1. The monoisotopic (exact) mass is 309 g/mol. The summed E-state index contributed by atoms with van der Waals surface area (Å²) in [6, 6.07) is 7.95. The van der Waals surface area contributed by atoms with Crippen LogP contribution in [-0.4, -0.2) is 29.6 Å². The molecule has 0 amide bonds. The summed E-state index contributed by atoms with van der Waals surface area (Å²) in [5, 5.41) is 10.4. The van der Waals surface area contributed by atoms with Gasteiger partial charge < -0.3 is 5.11 Å². The van der Waals surface area contributed by atoms with Crippen molar-refractivity contribution >= 4 is 17.6 Å². The zero-order chi connectivity index (χ0) is 15.5. The van der Waals surface area contributed by atoms with E-state index in [0.717, 1.165) is 42.7 Å². The van der Waals surface area contributed by atoms with Gasteiger partial charge in [0.2, 0.25) is 0 Å². The summed E-state index contributed by atoms with van der Waals surface area (Å²) in [4.78, 5) is 13.9. The molecule has 1 aliphatic carbocycles. The van der Waals surface area contributed by atoms with Crippen LogP contribution in [0.2, 0.25) is 5.02 Å². The zero-order valence-electron chi connectivity index (χ0n) is 12.8. The minimum atomic E-state index is -0.646. The van der Waals surface area contributed by atoms with Crippen LogP contribution in [-0.2, 0) is 4.79 Å². The van der Waals surface area contributed by atoms with Crippen molar-refractivity contribution in [3.8, 4) is 0 Å². The van der Waals surface area contributed by atoms with E-state index in [2.05, 4.69) is 11.8 Å². The molecule has 0 saturated heterocycles. The molecule has 1 aromatic carbocycles. The molecular weight excluding hydrogens is 286 g/mol. The van der Waals surface area contributed by atoms with Crippen LogP contribution in [0.25, 0.3) is 0 Å². The van der Waals surface area contributed by atoms with Gasteiger partial charge in [-0.2, -0.15) is 0 Å². The van der Waals surface area contributed by atoms with Crippen LogP contribution in [0.5, 0.6) is 0 Å². The van der Waals surface area contributed by atoms with Gasteiger partial charge in [0.05, 0.1) is 5.41 Å². The van der Waals surface area contributed by atoms with E-state index in [0.29, 0.717) is 6.54 Å². The maximum atomic E-state index is 11.8. The van der Waals surface area contributed by atoms with Gasteiger partial charge in [0.1, 0.15) is 0 Å². The average molecular weight is 310 g/mol. The highest BCUT2D eigenvalue weighted by Gasteiger charge is 2.41. The summed E-state index contributed by atoms with van der Waals surface area (Å²) in [5.41, 5.74) is 0.543. The first kappa shape index (κ1) is 16.3. The second kappa shape index (κ2) is 6.80. The SMILES string of the molecule is CC(c1cccc(Cl)c1)N(C)CC1(C(=O)O)CCCCC1. The van der Waals surface area contributed by atoms with Crippen LogP contribution in [0.3, 0.4) is 0 Å². The molecule has 1 saturated carbocycles. The van der Waals surface area contributed by atoms with E-state index in [-0.39, 0.29) is 6.04 Å².